The highest BCUT2D eigenvalue weighted by Crippen LogP contribution is 2.30. The number of nitrogens with one attached hydrogen (secondary N) is 1. The molecule has 2 amide bonds. The molecule has 1 aliphatic rings. The molecule has 2 N–H and O–H groups in total. The molecule has 0 saturated heterocycles. The van der Waals surface area contributed by atoms with Crippen molar-refractivity contribution >= 4 is 39.3 Å². The van der Waals surface area contributed by atoms with Gasteiger partial charge in [-0.1, -0.05) is 42.5 Å². The third-order valence-corrected chi connectivity index (χ3v) is 7.66. The Bertz CT molecular complexity index is 1480. The molecule has 36 heavy (non-hydrogen) atoms. The number of rotatable bonds is 8. The van der Waals surface area contributed by atoms with Crippen molar-refractivity contribution in [3.8, 4) is 11.1 Å². The van der Waals surface area contributed by atoms with Crippen LogP contribution in [0.5, 0.6) is 0 Å². The molecule has 0 bridgehead atoms. The van der Waals surface area contributed by atoms with Crippen LogP contribution in [0.1, 0.15) is 35.8 Å². The number of carbonyl (C=O) groups is 3. The fraction of sp³-hybridized carbons (Fsp3) is 0.250. The number of hydrogen-bond donors (Lipinski definition) is 2. The Morgan fingerprint density at radius 3 is 2.47 bits per heavy atom. The van der Waals surface area contributed by atoms with Gasteiger partial charge >= 0.3 is 12.1 Å². The lowest BCUT2D eigenvalue weighted by Crippen LogP contribution is -2.31. The van der Waals surface area contributed by atoms with Gasteiger partial charge in [0, 0.05) is 16.9 Å². The van der Waals surface area contributed by atoms with E-state index in [1.165, 1.54) is 16.0 Å². The number of carboxylic acids is 1. The van der Waals surface area contributed by atoms with Gasteiger partial charge in [0.05, 0.1) is 18.0 Å². The van der Waals surface area contributed by atoms with Gasteiger partial charge in [-0.3, -0.25) is 4.79 Å². The second kappa shape index (κ2) is 10.5. The molecule has 1 saturated carbocycles. The minimum absolute atomic E-state index is 0.0212. The molecule has 1 aliphatic carbocycles. The Balaban J connectivity index is 1.63. The summed E-state index contributed by atoms with van der Waals surface area (Å²) in [5, 5.41) is 11.0. The summed E-state index contributed by atoms with van der Waals surface area (Å²) in [7, 11) is -4.18. The lowest BCUT2D eigenvalue weighted by molar-refractivity contribution is -0.119. The predicted molar refractivity (Wildman–Crippen MR) is 131 cm³/mol. The quantitative estimate of drug-likeness (QED) is 0.456. The van der Waals surface area contributed by atoms with Gasteiger partial charge in [-0.2, -0.15) is 4.99 Å². The molecule has 0 radical (unpaired) electrons. The van der Waals surface area contributed by atoms with Gasteiger partial charge in [0.15, 0.2) is 4.80 Å². The molecule has 0 unspecified atom stereocenters. The molecule has 4 rings (SSSR count). The van der Waals surface area contributed by atoms with Gasteiger partial charge in [-0.15, -0.1) is 11.3 Å². The smallest absolute Gasteiger partial charge is 0.421 e. The molecular weight excluding hydrogens is 506 g/mol. The van der Waals surface area contributed by atoms with Gasteiger partial charge in [0.25, 0.3) is 15.9 Å². The molecule has 1 heterocycles. The summed E-state index contributed by atoms with van der Waals surface area (Å²) in [6, 6.07) is 13.1. The number of aromatic carboxylic acids is 1. The van der Waals surface area contributed by atoms with Gasteiger partial charge in [0.2, 0.25) is 0 Å². The van der Waals surface area contributed by atoms with E-state index in [1.54, 1.807) is 49.4 Å². The Kier molecular flexibility index (Phi) is 7.36. The third kappa shape index (κ3) is 5.71. The van der Waals surface area contributed by atoms with Crippen molar-refractivity contribution in [2.45, 2.75) is 31.2 Å². The summed E-state index contributed by atoms with van der Waals surface area (Å²) in [6.07, 6.45) is 0.534. The van der Waals surface area contributed by atoms with E-state index >= 15 is 0 Å². The third-order valence-electron chi connectivity index (χ3n) is 5.42. The van der Waals surface area contributed by atoms with Crippen LogP contribution in [-0.2, 0) is 26.1 Å². The number of amides is 2. The van der Waals surface area contributed by atoms with E-state index in [0.29, 0.717) is 15.9 Å². The monoisotopic (exact) mass is 529 g/mol. The zero-order valence-electron chi connectivity index (χ0n) is 19.2. The average molecular weight is 530 g/mol. The predicted octanol–water partition coefficient (Wildman–Crippen LogP) is 3.24. The summed E-state index contributed by atoms with van der Waals surface area (Å²) in [4.78, 5) is 39.9. The second-order valence-corrected chi connectivity index (χ2v) is 10.5. The Morgan fingerprint density at radius 1 is 1.14 bits per heavy atom. The standard InChI is InChI=1S/C24H23N3O7S2/c1-2-34-24(31)26-36(32,33)20-6-4-3-5-18(20)16-9-7-15(8-10-16)13-27-19(22(29)30)14-35-23(27)25-21(28)17-11-12-17/h3-10,14,17H,2,11-13H2,1H3,(H,26,31)(H,29,30). The van der Waals surface area contributed by atoms with Gasteiger partial charge < -0.3 is 14.4 Å². The molecule has 0 atom stereocenters. The van der Waals surface area contributed by atoms with Crippen LogP contribution in [0.3, 0.4) is 0 Å². The number of carboxylic acid groups (broad SMARTS) is 1. The molecular formula is C24H23N3O7S2. The summed E-state index contributed by atoms with van der Waals surface area (Å²) >= 11 is 1.09. The number of hydrogen-bond acceptors (Lipinski definition) is 7. The fourth-order valence-electron chi connectivity index (χ4n) is 3.50. The number of sulfonamides is 1. The second-order valence-electron chi connectivity index (χ2n) is 8.04. The first-order valence-electron chi connectivity index (χ1n) is 11.1. The first-order valence-corrected chi connectivity index (χ1v) is 13.4. The fourth-order valence-corrected chi connectivity index (χ4v) is 5.50. The molecule has 3 aromatic rings. The van der Waals surface area contributed by atoms with Crippen LogP contribution in [0.4, 0.5) is 4.79 Å². The molecule has 2 aromatic carbocycles. The van der Waals surface area contributed by atoms with Gasteiger partial charge in [-0.25, -0.2) is 22.7 Å². The van der Waals surface area contributed by atoms with E-state index in [2.05, 4.69) is 9.73 Å². The van der Waals surface area contributed by atoms with E-state index in [4.69, 9.17) is 0 Å². The van der Waals surface area contributed by atoms with Crippen LogP contribution in [0.15, 0.2) is 63.8 Å². The number of thiazole rings is 1. The van der Waals surface area contributed by atoms with Crippen molar-refractivity contribution in [2.24, 2.45) is 10.9 Å². The number of nitrogens with zero attached hydrogens (tertiary/aromatic N) is 2. The maximum atomic E-state index is 12.8. The van der Waals surface area contributed by atoms with Gasteiger partial charge in [0.1, 0.15) is 5.69 Å². The first-order chi connectivity index (χ1) is 17.2. The van der Waals surface area contributed by atoms with Crippen molar-refractivity contribution in [1.82, 2.24) is 9.29 Å². The highest BCUT2D eigenvalue weighted by atomic mass is 32.2. The SMILES string of the molecule is CCOC(=O)NS(=O)(=O)c1ccccc1-c1ccc(Cn2c(C(=O)O)csc2=NC(=O)C2CC2)cc1. The highest BCUT2D eigenvalue weighted by Gasteiger charge is 2.29. The summed E-state index contributed by atoms with van der Waals surface area (Å²) in [6.45, 7) is 1.75. The Labute approximate surface area is 210 Å². The van der Waals surface area contributed by atoms with Crippen LogP contribution in [0.25, 0.3) is 11.1 Å². The minimum Gasteiger partial charge on any atom is -0.477 e. The van der Waals surface area contributed by atoms with Crippen molar-refractivity contribution < 1.29 is 32.6 Å². The van der Waals surface area contributed by atoms with Crippen molar-refractivity contribution in [3.63, 3.8) is 0 Å². The normalized spacial score (nSPS) is 13.9. The van der Waals surface area contributed by atoms with Crippen LogP contribution in [0, 0.1) is 5.92 Å². The summed E-state index contributed by atoms with van der Waals surface area (Å²) < 4.78 is 33.6. The number of benzene rings is 2. The highest BCUT2D eigenvalue weighted by molar-refractivity contribution is 7.90. The maximum absolute atomic E-state index is 12.8. The van der Waals surface area contributed by atoms with Crippen molar-refractivity contribution in [2.75, 3.05) is 6.61 Å². The topological polar surface area (TPSA) is 144 Å². The lowest BCUT2D eigenvalue weighted by Gasteiger charge is -2.12. The molecule has 1 aromatic heterocycles. The van der Waals surface area contributed by atoms with Crippen LogP contribution >= 0.6 is 11.3 Å². The molecule has 0 aliphatic heterocycles. The average Bonchev–Trinajstić information content (AvgIpc) is 3.62. The van der Waals surface area contributed by atoms with Crippen molar-refractivity contribution in [1.29, 1.82) is 0 Å². The van der Waals surface area contributed by atoms with Crippen LogP contribution in [-0.4, -0.2) is 42.7 Å². The summed E-state index contributed by atoms with van der Waals surface area (Å²) in [5.41, 5.74) is 1.70. The molecule has 1 fully saturated rings. The number of ether oxygens (including phenoxy) is 1. The van der Waals surface area contributed by atoms with E-state index < -0.39 is 22.1 Å². The molecule has 10 nitrogen and oxygen atoms in total. The zero-order valence-corrected chi connectivity index (χ0v) is 20.8. The lowest BCUT2D eigenvalue weighted by atomic mass is 10.0. The number of aromatic nitrogens is 1. The maximum Gasteiger partial charge on any atom is 0.421 e. The van der Waals surface area contributed by atoms with E-state index in [1.807, 2.05) is 4.72 Å². The molecule has 188 valence electrons. The molecule has 12 heteroatoms. The zero-order chi connectivity index (χ0) is 25.9. The first kappa shape index (κ1) is 25.3. The van der Waals surface area contributed by atoms with Crippen LogP contribution < -0.4 is 9.52 Å². The Hall–Kier alpha value is -3.77. The van der Waals surface area contributed by atoms with Crippen molar-refractivity contribution in [3.05, 3.63) is 70.0 Å². The number of carbonyl (C=O) groups excluding carboxylic acids is 2. The molecule has 0 spiro atoms. The largest absolute Gasteiger partial charge is 0.477 e. The van der Waals surface area contributed by atoms with E-state index in [-0.39, 0.29) is 35.6 Å². The van der Waals surface area contributed by atoms with Gasteiger partial charge in [-0.05, 0) is 37.0 Å². The van der Waals surface area contributed by atoms with Crippen LogP contribution in [0.2, 0.25) is 0 Å². The summed E-state index contributed by atoms with van der Waals surface area (Å²) in [5.74, 6) is -1.45. The Morgan fingerprint density at radius 2 is 1.83 bits per heavy atom. The van der Waals surface area contributed by atoms with E-state index in [9.17, 15) is 27.9 Å². The van der Waals surface area contributed by atoms with E-state index in [0.717, 1.165) is 29.7 Å². The minimum atomic E-state index is -4.18.